The van der Waals surface area contributed by atoms with Gasteiger partial charge < -0.3 is 5.32 Å². The number of rotatable bonds is 2. The average Bonchev–Trinajstić information content (AvgIpc) is 2.02. The predicted molar refractivity (Wildman–Crippen MR) is 51.3 cm³/mol. The fourth-order valence-corrected chi connectivity index (χ4v) is 2.18. The second kappa shape index (κ2) is 3.60. The van der Waals surface area contributed by atoms with Crippen LogP contribution in [0.3, 0.4) is 0 Å². The number of halogens is 1. The number of nitrogens with zero attached hydrogens (tertiary/aromatic N) is 1. The highest BCUT2D eigenvalue weighted by molar-refractivity contribution is 9.10. The maximum Gasteiger partial charge on any atom is 0.298 e. The number of nitrogens with one attached hydrogen (secondary N) is 1. The molecule has 0 aliphatic heterocycles. The molecule has 0 bridgehead atoms. The SMILES string of the molecule is CNc1c(Br)cncc1S(=O)(=O)O. The Morgan fingerprint density at radius 2 is 2.15 bits per heavy atom. The predicted octanol–water partition coefficient (Wildman–Crippen LogP) is 1.13. The molecule has 0 fully saturated rings. The van der Waals surface area contributed by atoms with E-state index in [-0.39, 0.29) is 10.6 Å². The third-order valence-electron chi connectivity index (χ3n) is 1.39. The molecule has 0 aliphatic rings. The summed E-state index contributed by atoms with van der Waals surface area (Å²) in [6, 6.07) is 0. The van der Waals surface area contributed by atoms with E-state index < -0.39 is 10.1 Å². The van der Waals surface area contributed by atoms with Crippen LogP contribution in [0, 0.1) is 0 Å². The molecular weight excluding hydrogens is 260 g/mol. The van der Waals surface area contributed by atoms with Crippen LogP contribution in [0.2, 0.25) is 0 Å². The topological polar surface area (TPSA) is 79.3 Å². The molecule has 0 radical (unpaired) electrons. The summed E-state index contributed by atoms with van der Waals surface area (Å²) in [5.74, 6) is 0. The van der Waals surface area contributed by atoms with Gasteiger partial charge in [-0.1, -0.05) is 0 Å². The molecule has 0 saturated heterocycles. The molecular formula is C6H7BrN2O3S. The zero-order chi connectivity index (χ0) is 10.1. The van der Waals surface area contributed by atoms with Gasteiger partial charge in [0.05, 0.1) is 16.4 Å². The highest BCUT2D eigenvalue weighted by Crippen LogP contribution is 2.27. The zero-order valence-electron chi connectivity index (χ0n) is 6.65. The molecule has 0 aromatic carbocycles. The molecule has 0 saturated carbocycles. The summed E-state index contributed by atoms with van der Waals surface area (Å²) in [5, 5.41) is 2.64. The van der Waals surface area contributed by atoms with Crippen LogP contribution in [-0.2, 0) is 10.1 Å². The van der Waals surface area contributed by atoms with Gasteiger partial charge in [0.2, 0.25) is 0 Å². The van der Waals surface area contributed by atoms with Crippen LogP contribution in [0.5, 0.6) is 0 Å². The molecule has 0 amide bonds. The van der Waals surface area contributed by atoms with E-state index >= 15 is 0 Å². The van der Waals surface area contributed by atoms with Crippen molar-refractivity contribution in [1.29, 1.82) is 0 Å². The largest absolute Gasteiger partial charge is 0.386 e. The van der Waals surface area contributed by atoms with Gasteiger partial charge in [0, 0.05) is 13.2 Å². The van der Waals surface area contributed by atoms with Crippen LogP contribution in [0.25, 0.3) is 0 Å². The highest BCUT2D eigenvalue weighted by atomic mass is 79.9. The number of aromatic nitrogens is 1. The molecule has 1 rings (SSSR count). The summed E-state index contributed by atoms with van der Waals surface area (Å²) in [7, 11) is -2.67. The van der Waals surface area contributed by atoms with Crippen LogP contribution in [0.4, 0.5) is 5.69 Å². The smallest absolute Gasteiger partial charge is 0.298 e. The van der Waals surface area contributed by atoms with Crippen LogP contribution in [0.15, 0.2) is 21.8 Å². The first-order valence-electron chi connectivity index (χ1n) is 3.25. The van der Waals surface area contributed by atoms with Crippen LogP contribution < -0.4 is 5.32 Å². The Labute approximate surface area is 84.1 Å². The van der Waals surface area contributed by atoms with Gasteiger partial charge >= 0.3 is 0 Å². The van der Waals surface area contributed by atoms with E-state index in [1.54, 1.807) is 7.05 Å². The van der Waals surface area contributed by atoms with Gasteiger partial charge in [0.1, 0.15) is 4.90 Å². The van der Waals surface area contributed by atoms with Crippen molar-refractivity contribution in [2.75, 3.05) is 12.4 Å². The van der Waals surface area contributed by atoms with Crippen LogP contribution >= 0.6 is 15.9 Å². The van der Waals surface area contributed by atoms with Gasteiger partial charge in [-0.3, -0.25) is 9.54 Å². The second-order valence-corrected chi connectivity index (χ2v) is 4.46. The normalized spacial score (nSPS) is 11.3. The lowest BCUT2D eigenvalue weighted by Gasteiger charge is -2.06. The Hall–Kier alpha value is -0.660. The quantitative estimate of drug-likeness (QED) is 0.785. The van der Waals surface area contributed by atoms with Crippen LogP contribution in [-0.4, -0.2) is 25.0 Å². The third-order valence-corrected chi connectivity index (χ3v) is 2.86. The summed E-state index contributed by atoms with van der Waals surface area (Å²) in [5.41, 5.74) is 0.289. The molecule has 1 aromatic rings. The molecule has 13 heavy (non-hydrogen) atoms. The first kappa shape index (κ1) is 10.4. The second-order valence-electron chi connectivity index (χ2n) is 2.22. The lowest BCUT2D eigenvalue weighted by molar-refractivity contribution is 0.483. The summed E-state index contributed by atoms with van der Waals surface area (Å²) in [6.45, 7) is 0. The molecule has 72 valence electrons. The van der Waals surface area contributed by atoms with E-state index in [4.69, 9.17) is 4.55 Å². The monoisotopic (exact) mass is 266 g/mol. The first-order chi connectivity index (χ1) is 5.96. The summed E-state index contributed by atoms with van der Waals surface area (Å²) in [6.07, 6.45) is 2.51. The van der Waals surface area contributed by atoms with Crippen molar-refractivity contribution >= 4 is 31.7 Å². The minimum atomic E-state index is -4.22. The van der Waals surface area contributed by atoms with E-state index in [1.165, 1.54) is 6.20 Å². The van der Waals surface area contributed by atoms with Gasteiger partial charge in [-0.2, -0.15) is 8.42 Å². The van der Waals surface area contributed by atoms with E-state index in [0.717, 1.165) is 6.20 Å². The Balaban J connectivity index is 3.47. The average molecular weight is 267 g/mol. The van der Waals surface area contributed by atoms with E-state index in [0.29, 0.717) is 4.47 Å². The van der Waals surface area contributed by atoms with Crippen molar-refractivity contribution < 1.29 is 13.0 Å². The number of anilines is 1. The maximum atomic E-state index is 10.8. The molecule has 0 aliphatic carbocycles. The van der Waals surface area contributed by atoms with Gasteiger partial charge in [0.25, 0.3) is 10.1 Å². The molecule has 7 heteroatoms. The van der Waals surface area contributed by atoms with Crippen molar-refractivity contribution in [3.05, 3.63) is 16.9 Å². The fraction of sp³-hybridized carbons (Fsp3) is 0.167. The maximum absolute atomic E-state index is 10.8. The van der Waals surface area contributed by atoms with Crippen molar-refractivity contribution in [3.8, 4) is 0 Å². The molecule has 0 spiro atoms. The summed E-state index contributed by atoms with van der Waals surface area (Å²) < 4.78 is 30.9. The first-order valence-corrected chi connectivity index (χ1v) is 5.49. The minimum absolute atomic E-state index is 0.246. The van der Waals surface area contributed by atoms with E-state index in [2.05, 4.69) is 26.2 Å². The molecule has 0 atom stereocenters. The van der Waals surface area contributed by atoms with Crippen molar-refractivity contribution in [2.45, 2.75) is 4.90 Å². The van der Waals surface area contributed by atoms with Gasteiger partial charge in [-0.25, -0.2) is 0 Å². The Morgan fingerprint density at radius 3 is 2.54 bits per heavy atom. The zero-order valence-corrected chi connectivity index (χ0v) is 9.05. The Morgan fingerprint density at radius 1 is 1.54 bits per heavy atom. The summed E-state index contributed by atoms with van der Waals surface area (Å²) in [4.78, 5) is 3.39. The number of hydrogen-bond donors (Lipinski definition) is 2. The molecule has 1 heterocycles. The van der Waals surface area contributed by atoms with Crippen molar-refractivity contribution in [3.63, 3.8) is 0 Å². The minimum Gasteiger partial charge on any atom is -0.386 e. The lowest BCUT2D eigenvalue weighted by atomic mass is 10.4. The van der Waals surface area contributed by atoms with Crippen molar-refractivity contribution in [2.24, 2.45) is 0 Å². The van der Waals surface area contributed by atoms with Gasteiger partial charge in [-0.15, -0.1) is 0 Å². The Bertz CT molecular complexity index is 418. The highest BCUT2D eigenvalue weighted by Gasteiger charge is 2.16. The van der Waals surface area contributed by atoms with Crippen LogP contribution in [0.1, 0.15) is 0 Å². The molecule has 1 aromatic heterocycles. The Kier molecular flexibility index (Phi) is 2.89. The molecule has 0 unspecified atom stereocenters. The standard InChI is InChI=1S/C6H7BrN2O3S/c1-8-6-4(7)2-9-3-5(6)13(10,11)12/h2-3H,1H3,(H,8,9)(H,10,11,12). The number of hydrogen-bond acceptors (Lipinski definition) is 4. The van der Waals surface area contributed by atoms with E-state index in [9.17, 15) is 8.42 Å². The van der Waals surface area contributed by atoms with Crippen molar-refractivity contribution in [1.82, 2.24) is 4.98 Å². The number of pyridine rings is 1. The summed E-state index contributed by atoms with van der Waals surface area (Å²) >= 11 is 3.10. The molecule has 2 N–H and O–H groups in total. The van der Waals surface area contributed by atoms with Gasteiger partial charge in [0.15, 0.2) is 0 Å². The van der Waals surface area contributed by atoms with Gasteiger partial charge in [-0.05, 0) is 15.9 Å². The fourth-order valence-electron chi connectivity index (χ4n) is 0.855. The van der Waals surface area contributed by atoms with E-state index in [1.807, 2.05) is 0 Å². The lowest BCUT2D eigenvalue weighted by Crippen LogP contribution is -2.04. The molecule has 5 nitrogen and oxygen atoms in total. The third kappa shape index (κ3) is 2.17.